The summed E-state index contributed by atoms with van der Waals surface area (Å²) in [4.78, 5) is 14.0. The normalized spacial score (nSPS) is 11.1. The maximum absolute atomic E-state index is 11.9. The summed E-state index contributed by atoms with van der Waals surface area (Å²) < 4.78 is 1.38. The summed E-state index contributed by atoms with van der Waals surface area (Å²) in [6.07, 6.45) is 0. The first-order valence-electron chi connectivity index (χ1n) is 5.94. The van der Waals surface area contributed by atoms with Crippen LogP contribution in [-0.4, -0.2) is 41.9 Å². The van der Waals surface area contributed by atoms with E-state index in [1.807, 2.05) is 38.4 Å². The molecule has 1 N–H and O–H groups in total. The fraction of sp³-hybridized carbons (Fsp3) is 0.385. The van der Waals surface area contributed by atoms with Crippen LogP contribution in [0.1, 0.15) is 0 Å². The summed E-state index contributed by atoms with van der Waals surface area (Å²) in [6.45, 7) is 1.71. The van der Waals surface area contributed by atoms with Crippen molar-refractivity contribution in [2.24, 2.45) is 7.05 Å². The van der Waals surface area contributed by atoms with E-state index in [1.54, 1.807) is 7.05 Å². The molecule has 0 atom stereocenters. The molecule has 2 rings (SSSR count). The van der Waals surface area contributed by atoms with Crippen molar-refractivity contribution < 1.29 is 0 Å². The van der Waals surface area contributed by atoms with Crippen molar-refractivity contribution in [3.63, 3.8) is 0 Å². The van der Waals surface area contributed by atoms with Gasteiger partial charge in [0.15, 0.2) is 5.82 Å². The first-order valence-corrected chi connectivity index (χ1v) is 5.94. The average molecular weight is 246 g/mol. The monoisotopic (exact) mass is 246 g/mol. The lowest BCUT2D eigenvalue weighted by Crippen LogP contribution is -2.24. The molecule has 0 aliphatic heterocycles. The van der Waals surface area contributed by atoms with E-state index in [1.165, 1.54) is 4.68 Å². The molecule has 2 aromatic rings. The number of anilines is 1. The first-order chi connectivity index (χ1) is 8.59. The van der Waals surface area contributed by atoms with Crippen molar-refractivity contribution in [2.45, 2.75) is 0 Å². The van der Waals surface area contributed by atoms with Gasteiger partial charge in [-0.25, -0.2) is 4.68 Å². The van der Waals surface area contributed by atoms with Gasteiger partial charge in [-0.1, -0.05) is 18.2 Å². The van der Waals surface area contributed by atoms with E-state index in [9.17, 15) is 4.79 Å². The molecule has 0 bridgehead atoms. The molecular formula is C13H18N4O. The maximum atomic E-state index is 11.9. The fourth-order valence-electron chi connectivity index (χ4n) is 1.83. The second-order valence-corrected chi connectivity index (χ2v) is 4.55. The van der Waals surface area contributed by atoms with Crippen LogP contribution in [0, 0.1) is 0 Å². The highest BCUT2D eigenvalue weighted by Crippen LogP contribution is 2.16. The van der Waals surface area contributed by atoms with E-state index in [2.05, 4.69) is 15.3 Å². The Kier molecular flexibility index (Phi) is 3.62. The van der Waals surface area contributed by atoms with E-state index < -0.39 is 0 Å². The van der Waals surface area contributed by atoms with Crippen molar-refractivity contribution in [3.05, 3.63) is 34.6 Å². The van der Waals surface area contributed by atoms with Gasteiger partial charge in [0.05, 0.1) is 5.39 Å². The van der Waals surface area contributed by atoms with Crippen LogP contribution in [0.4, 0.5) is 5.82 Å². The van der Waals surface area contributed by atoms with Gasteiger partial charge in [-0.2, -0.15) is 5.10 Å². The highest BCUT2D eigenvalue weighted by Gasteiger charge is 2.07. The van der Waals surface area contributed by atoms with Crippen molar-refractivity contribution >= 4 is 16.6 Å². The van der Waals surface area contributed by atoms with E-state index >= 15 is 0 Å². The third-order valence-corrected chi connectivity index (χ3v) is 2.81. The number of likely N-dealkylation sites (N-methyl/N-ethyl adjacent to an activating group) is 1. The molecule has 0 aliphatic carbocycles. The van der Waals surface area contributed by atoms with Crippen LogP contribution in [0.25, 0.3) is 10.8 Å². The molecule has 5 heteroatoms. The van der Waals surface area contributed by atoms with Crippen molar-refractivity contribution in [1.82, 2.24) is 14.7 Å². The van der Waals surface area contributed by atoms with Gasteiger partial charge in [-0.05, 0) is 20.2 Å². The zero-order valence-corrected chi connectivity index (χ0v) is 11.0. The molecule has 0 saturated carbocycles. The van der Waals surface area contributed by atoms with Crippen LogP contribution in [-0.2, 0) is 7.05 Å². The van der Waals surface area contributed by atoms with Gasteiger partial charge in [0.2, 0.25) is 0 Å². The minimum Gasteiger partial charge on any atom is -0.367 e. The molecular weight excluding hydrogens is 228 g/mol. The Morgan fingerprint density at radius 2 is 1.94 bits per heavy atom. The third kappa shape index (κ3) is 2.51. The number of nitrogens with one attached hydrogen (secondary N) is 1. The SMILES string of the molecule is CN(C)CCNc1nn(C)c(=O)c2ccccc12. The summed E-state index contributed by atoms with van der Waals surface area (Å²) in [6, 6.07) is 7.53. The molecule has 1 aromatic carbocycles. The minimum absolute atomic E-state index is 0.0660. The molecule has 1 aromatic heterocycles. The number of aromatic nitrogens is 2. The van der Waals surface area contributed by atoms with Gasteiger partial charge in [-0.3, -0.25) is 4.79 Å². The third-order valence-electron chi connectivity index (χ3n) is 2.81. The largest absolute Gasteiger partial charge is 0.367 e. The maximum Gasteiger partial charge on any atom is 0.274 e. The molecule has 0 fully saturated rings. The van der Waals surface area contributed by atoms with Crippen molar-refractivity contribution in [3.8, 4) is 0 Å². The predicted octanol–water partition coefficient (Wildman–Crippen LogP) is 0.907. The van der Waals surface area contributed by atoms with Crippen LogP contribution in [0.2, 0.25) is 0 Å². The summed E-state index contributed by atoms with van der Waals surface area (Å²) in [7, 11) is 5.72. The van der Waals surface area contributed by atoms with Gasteiger partial charge < -0.3 is 10.2 Å². The molecule has 18 heavy (non-hydrogen) atoms. The standard InChI is InChI=1S/C13H18N4O/c1-16(2)9-8-14-12-10-6-4-5-7-11(10)13(18)17(3)15-12/h4-7H,8-9H2,1-3H3,(H,14,15). The van der Waals surface area contributed by atoms with Crippen LogP contribution < -0.4 is 10.9 Å². The molecule has 1 heterocycles. The van der Waals surface area contributed by atoms with Crippen LogP contribution in [0.3, 0.4) is 0 Å². The molecule has 0 aliphatic rings. The number of nitrogens with zero attached hydrogens (tertiary/aromatic N) is 3. The topological polar surface area (TPSA) is 50.2 Å². The van der Waals surface area contributed by atoms with Gasteiger partial charge in [-0.15, -0.1) is 0 Å². The van der Waals surface area contributed by atoms with E-state index in [0.29, 0.717) is 5.39 Å². The molecule has 0 radical (unpaired) electrons. The smallest absolute Gasteiger partial charge is 0.274 e. The van der Waals surface area contributed by atoms with Crippen LogP contribution >= 0.6 is 0 Å². The van der Waals surface area contributed by atoms with Crippen molar-refractivity contribution in [2.75, 3.05) is 32.5 Å². The van der Waals surface area contributed by atoms with Gasteiger partial charge in [0.25, 0.3) is 5.56 Å². The Morgan fingerprint density at radius 1 is 1.28 bits per heavy atom. The highest BCUT2D eigenvalue weighted by atomic mass is 16.1. The molecule has 0 saturated heterocycles. The average Bonchev–Trinajstić information content (AvgIpc) is 2.35. The van der Waals surface area contributed by atoms with Crippen LogP contribution in [0.15, 0.2) is 29.1 Å². The van der Waals surface area contributed by atoms with E-state index in [4.69, 9.17) is 0 Å². The van der Waals surface area contributed by atoms with Gasteiger partial charge in [0.1, 0.15) is 0 Å². The second-order valence-electron chi connectivity index (χ2n) is 4.55. The highest BCUT2D eigenvalue weighted by molar-refractivity contribution is 5.90. The Bertz CT molecular complexity index is 603. The summed E-state index contributed by atoms with van der Waals surface area (Å²) in [5.74, 6) is 0.759. The Hall–Kier alpha value is -1.88. The molecule has 96 valence electrons. The zero-order chi connectivity index (χ0) is 13.1. The lowest BCUT2D eigenvalue weighted by molar-refractivity contribution is 0.425. The predicted molar refractivity (Wildman–Crippen MR) is 74.0 cm³/mol. The Labute approximate surface area is 106 Å². The van der Waals surface area contributed by atoms with Gasteiger partial charge in [0, 0.05) is 25.5 Å². The number of aryl methyl sites for hydroxylation is 1. The Morgan fingerprint density at radius 3 is 2.61 bits per heavy atom. The van der Waals surface area contributed by atoms with Crippen molar-refractivity contribution in [1.29, 1.82) is 0 Å². The lowest BCUT2D eigenvalue weighted by Gasteiger charge is -2.13. The number of fused-ring (bicyclic) bond motifs is 1. The minimum atomic E-state index is -0.0660. The lowest BCUT2D eigenvalue weighted by atomic mass is 10.2. The first kappa shape index (κ1) is 12.6. The second kappa shape index (κ2) is 5.18. The molecule has 0 unspecified atom stereocenters. The van der Waals surface area contributed by atoms with E-state index in [-0.39, 0.29) is 5.56 Å². The van der Waals surface area contributed by atoms with Crippen LogP contribution in [0.5, 0.6) is 0 Å². The Balaban J connectivity index is 2.38. The number of rotatable bonds is 4. The molecule has 0 amide bonds. The molecule has 5 nitrogen and oxygen atoms in total. The number of hydrogen-bond acceptors (Lipinski definition) is 4. The summed E-state index contributed by atoms with van der Waals surface area (Å²) in [5.41, 5.74) is -0.0660. The molecule has 0 spiro atoms. The fourth-order valence-corrected chi connectivity index (χ4v) is 1.83. The number of benzene rings is 1. The summed E-state index contributed by atoms with van der Waals surface area (Å²) in [5, 5.41) is 9.12. The number of hydrogen-bond donors (Lipinski definition) is 1. The van der Waals surface area contributed by atoms with Gasteiger partial charge >= 0.3 is 0 Å². The quantitative estimate of drug-likeness (QED) is 0.871. The zero-order valence-electron chi connectivity index (χ0n) is 11.0. The van der Waals surface area contributed by atoms with E-state index in [0.717, 1.165) is 24.3 Å². The summed E-state index contributed by atoms with van der Waals surface area (Å²) >= 11 is 0.